The molecule has 1 aliphatic carbocycles. The number of anilines is 3. The number of carbonyl (C=O) groups is 2. The summed E-state index contributed by atoms with van der Waals surface area (Å²) in [5, 5.41) is 13.0. The number of piperazine rings is 1. The number of rotatable bonds is 6. The Bertz CT molecular complexity index is 1210. The number of aliphatic hydroxyl groups is 1. The highest BCUT2D eigenvalue weighted by Crippen LogP contribution is 2.35. The van der Waals surface area contributed by atoms with E-state index in [2.05, 4.69) is 15.3 Å². The first kappa shape index (κ1) is 29.2. The summed E-state index contributed by atoms with van der Waals surface area (Å²) in [6.45, 7) is 4.97. The molecule has 2 atom stereocenters. The highest BCUT2D eigenvalue weighted by molar-refractivity contribution is 6.03. The summed E-state index contributed by atoms with van der Waals surface area (Å²) >= 11 is 0. The molecule has 224 valence electrons. The van der Waals surface area contributed by atoms with Gasteiger partial charge in [-0.25, -0.2) is 4.98 Å². The van der Waals surface area contributed by atoms with Crippen LogP contribution in [0.2, 0.25) is 0 Å². The number of halogens is 3. The van der Waals surface area contributed by atoms with Crippen LogP contribution in [-0.2, 0) is 11.0 Å². The van der Waals surface area contributed by atoms with Crippen LogP contribution in [0.25, 0.3) is 0 Å². The Hall–Kier alpha value is -3.35. The summed E-state index contributed by atoms with van der Waals surface area (Å²) in [5.74, 6) is -1.23. The third-order valence-electron chi connectivity index (χ3n) is 8.29. The second-order valence-electron chi connectivity index (χ2n) is 11.4. The standard InChI is InChI=1S/C28H37F3N6O4/c1-18-6-5-11-37(17-18)27-34-24(28(29,30)31)23(41-27)25(39)33-20-9-10-21(32-16-20)35-12-14-36(15-13-35)26(40)22(38)19-7-3-2-4-8-19/h9-10,16,18-19,22,38H,2-8,11-15,17H2,1H3,(H,33,39). The Balaban J connectivity index is 1.19. The SMILES string of the molecule is CC1CCCN(c2nc(C(F)(F)F)c(C(=O)Nc3ccc(N4CCN(C(=O)C(O)C5CCCCC5)CC4)nc3)o2)C1. The Labute approximate surface area is 236 Å². The van der Waals surface area contributed by atoms with Crippen LogP contribution in [0, 0.1) is 11.8 Å². The van der Waals surface area contributed by atoms with Crippen molar-refractivity contribution in [2.45, 2.75) is 64.1 Å². The highest BCUT2D eigenvalue weighted by Gasteiger charge is 2.42. The van der Waals surface area contributed by atoms with E-state index in [0.717, 1.165) is 44.9 Å². The van der Waals surface area contributed by atoms with Crippen LogP contribution in [-0.4, -0.2) is 77.2 Å². The van der Waals surface area contributed by atoms with Gasteiger partial charge in [-0.2, -0.15) is 18.2 Å². The van der Waals surface area contributed by atoms with Crippen molar-refractivity contribution >= 4 is 29.3 Å². The number of aliphatic hydroxyl groups excluding tert-OH is 1. The van der Waals surface area contributed by atoms with E-state index in [-0.39, 0.29) is 29.4 Å². The molecule has 5 rings (SSSR count). The number of hydrogen-bond acceptors (Lipinski definition) is 8. The first-order valence-electron chi connectivity index (χ1n) is 14.4. The minimum Gasteiger partial charge on any atom is -0.417 e. The minimum atomic E-state index is -4.85. The molecule has 0 aromatic carbocycles. The highest BCUT2D eigenvalue weighted by atomic mass is 19.4. The van der Waals surface area contributed by atoms with Gasteiger partial charge < -0.3 is 29.5 Å². The molecule has 2 aromatic rings. The van der Waals surface area contributed by atoms with Gasteiger partial charge in [-0.05, 0) is 49.7 Å². The molecule has 1 saturated carbocycles. The van der Waals surface area contributed by atoms with Crippen molar-refractivity contribution in [2.24, 2.45) is 11.8 Å². The predicted molar refractivity (Wildman–Crippen MR) is 146 cm³/mol. The summed E-state index contributed by atoms with van der Waals surface area (Å²) in [6, 6.07) is 3.02. The zero-order chi connectivity index (χ0) is 29.1. The fraction of sp³-hybridized carbons (Fsp3) is 0.643. The molecule has 0 bridgehead atoms. The molecule has 13 heteroatoms. The molecule has 2 saturated heterocycles. The lowest BCUT2D eigenvalue weighted by molar-refractivity contribution is -0.144. The van der Waals surface area contributed by atoms with Crippen molar-refractivity contribution in [3.05, 3.63) is 29.8 Å². The zero-order valence-corrected chi connectivity index (χ0v) is 23.2. The first-order valence-corrected chi connectivity index (χ1v) is 14.4. The molecule has 41 heavy (non-hydrogen) atoms. The molecule has 3 fully saturated rings. The van der Waals surface area contributed by atoms with Crippen molar-refractivity contribution in [3.8, 4) is 0 Å². The van der Waals surface area contributed by atoms with E-state index in [1.807, 2.05) is 11.8 Å². The van der Waals surface area contributed by atoms with Crippen molar-refractivity contribution in [1.82, 2.24) is 14.9 Å². The maximum atomic E-state index is 13.7. The third kappa shape index (κ3) is 6.77. The normalized spacial score (nSPS) is 21.6. The number of oxazole rings is 1. The number of piperidine rings is 1. The largest absolute Gasteiger partial charge is 0.437 e. The number of carbonyl (C=O) groups excluding carboxylic acids is 2. The van der Waals surface area contributed by atoms with Gasteiger partial charge in [-0.1, -0.05) is 26.2 Å². The number of hydrogen-bond donors (Lipinski definition) is 2. The van der Waals surface area contributed by atoms with Crippen LogP contribution < -0.4 is 15.1 Å². The molecule has 0 spiro atoms. The van der Waals surface area contributed by atoms with E-state index in [1.165, 1.54) is 6.20 Å². The topological polar surface area (TPSA) is 115 Å². The lowest BCUT2D eigenvalue weighted by atomic mass is 9.85. The molecular weight excluding hydrogens is 541 g/mol. The van der Waals surface area contributed by atoms with Crippen LogP contribution >= 0.6 is 0 Å². The summed E-state index contributed by atoms with van der Waals surface area (Å²) in [5.41, 5.74) is -1.14. The third-order valence-corrected chi connectivity index (χ3v) is 8.29. The van der Waals surface area contributed by atoms with Crippen molar-refractivity contribution in [1.29, 1.82) is 0 Å². The van der Waals surface area contributed by atoms with Gasteiger partial charge in [0.1, 0.15) is 11.9 Å². The number of aromatic nitrogens is 2. The van der Waals surface area contributed by atoms with Gasteiger partial charge in [-0.15, -0.1) is 0 Å². The lowest BCUT2D eigenvalue weighted by Gasteiger charge is -2.37. The molecule has 10 nitrogen and oxygen atoms in total. The van der Waals surface area contributed by atoms with Gasteiger partial charge in [-0.3, -0.25) is 9.59 Å². The number of nitrogens with one attached hydrogen (secondary N) is 1. The van der Waals surface area contributed by atoms with Crippen LogP contribution in [0.1, 0.15) is 68.1 Å². The van der Waals surface area contributed by atoms with Crippen molar-refractivity contribution in [3.63, 3.8) is 0 Å². The number of nitrogens with zero attached hydrogens (tertiary/aromatic N) is 5. The molecule has 3 aliphatic rings. The Kier molecular flexibility index (Phi) is 8.71. The molecule has 0 radical (unpaired) electrons. The fourth-order valence-electron chi connectivity index (χ4n) is 5.98. The predicted octanol–water partition coefficient (Wildman–Crippen LogP) is 4.17. The van der Waals surface area contributed by atoms with Crippen molar-refractivity contribution < 1.29 is 32.3 Å². The van der Waals surface area contributed by atoms with Gasteiger partial charge >= 0.3 is 6.18 Å². The first-order chi connectivity index (χ1) is 19.6. The van der Waals surface area contributed by atoms with Gasteiger partial charge in [0.25, 0.3) is 17.8 Å². The number of amides is 2. The summed E-state index contributed by atoms with van der Waals surface area (Å²) in [6.07, 6.45) is 2.34. The van der Waals surface area contributed by atoms with E-state index in [0.29, 0.717) is 45.1 Å². The molecule has 2 aliphatic heterocycles. The molecule has 4 heterocycles. The summed E-state index contributed by atoms with van der Waals surface area (Å²) in [4.78, 5) is 39.0. The monoisotopic (exact) mass is 578 g/mol. The minimum absolute atomic E-state index is 0.0305. The lowest BCUT2D eigenvalue weighted by Crippen LogP contribution is -2.53. The van der Waals surface area contributed by atoms with Crippen LogP contribution in [0.5, 0.6) is 0 Å². The second kappa shape index (κ2) is 12.3. The van der Waals surface area contributed by atoms with E-state index < -0.39 is 29.6 Å². The maximum Gasteiger partial charge on any atom is 0.437 e. The molecule has 2 aromatic heterocycles. The van der Waals surface area contributed by atoms with E-state index in [1.54, 1.807) is 21.9 Å². The Morgan fingerprint density at radius 1 is 1.02 bits per heavy atom. The zero-order valence-electron chi connectivity index (χ0n) is 23.2. The van der Waals surface area contributed by atoms with Crippen molar-refractivity contribution in [2.75, 3.05) is 54.4 Å². The molecule has 2 amide bonds. The van der Waals surface area contributed by atoms with E-state index in [9.17, 15) is 27.9 Å². The quantitative estimate of drug-likeness (QED) is 0.525. The average Bonchev–Trinajstić information content (AvgIpc) is 3.44. The van der Waals surface area contributed by atoms with Crippen LogP contribution in [0.3, 0.4) is 0 Å². The maximum absolute atomic E-state index is 13.7. The fourth-order valence-corrected chi connectivity index (χ4v) is 5.98. The summed E-state index contributed by atoms with van der Waals surface area (Å²) in [7, 11) is 0. The van der Waals surface area contributed by atoms with E-state index >= 15 is 0 Å². The Morgan fingerprint density at radius 3 is 2.39 bits per heavy atom. The molecule has 2 unspecified atom stereocenters. The Morgan fingerprint density at radius 2 is 1.76 bits per heavy atom. The number of pyridine rings is 1. The summed E-state index contributed by atoms with van der Waals surface area (Å²) < 4.78 is 46.5. The molecule has 2 N–H and O–H groups in total. The van der Waals surface area contributed by atoms with Gasteiger partial charge in [0, 0.05) is 39.3 Å². The van der Waals surface area contributed by atoms with Gasteiger partial charge in [0.2, 0.25) is 5.76 Å². The van der Waals surface area contributed by atoms with Gasteiger partial charge in [0.15, 0.2) is 5.69 Å². The van der Waals surface area contributed by atoms with Crippen LogP contribution in [0.4, 0.5) is 30.7 Å². The van der Waals surface area contributed by atoms with Crippen LogP contribution in [0.15, 0.2) is 22.7 Å². The smallest absolute Gasteiger partial charge is 0.417 e. The van der Waals surface area contributed by atoms with E-state index in [4.69, 9.17) is 4.42 Å². The van der Waals surface area contributed by atoms with Gasteiger partial charge in [0.05, 0.1) is 11.9 Å². The second-order valence-corrected chi connectivity index (χ2v) is 11.4. The molecular formula is C28H37F3N6O4. The average molecular weight is 579 g/mol. The number of alkyl halides is 3.